The second kappa shape index (κ2) is 4.80. The second-order valence-corrected chi connectivity index (χ2v) is 3.54. The predicted molar refractivity (Wildman–Crippen MR) is 56.0 cm³/mol. The number of nitriles is 1. The topological polar surface area (TPSA) is 78.7 Å². The molecule has 0 saturated carbocycles. The quantitative estimate of drug-likeness (QED) is 0.751. The molecule has 1 heterocycles. The molecule has 0 saturated heterocycles. The molecule has 1 unspecified atom stereocenters. The normalized spacial score (nSPS) is 12.1. The van der Waals surface area contributed by atoms with Gasteiger partial charge in [-0.15, -0.1) is 11.6 Å². The molecular weight excluding hydrogens is 218 g/mol. The van der Waals surface area contributed by atoms with Gasteiger partial charge in [0.2, 0.25) is 0 Å². The molecule has 0 fully saturated rings. The van der Waals surface area contributed by atoms with E-state index >= 15 is 0 Å². The van der Waals surface area contributed by atoms with E-state index in [-0.39, 0.29) is 12.1 Å². The number of hydrogen-bond donors (Lipinski definition) is 1. The number of nitrogens with one attached hydrogen (secondary N) is 1. The van der Waals surface area contributed by atoms with Crippen LogP contribution in [0.5, 0.6) is 0 Å². The van der Waals surface area contributed by atoms with Gasteiger partial charge in [0.15, 0.2) is 0 Å². The van der Waals surface area contributed by atoms with Crippen LogP contribution in [0.4, 0.5) is 0 Å². The van der Waals surface area contributed by atoms with Crippen molar-refractivity contribution in [2.75, 3.05) is 0 Å². The molecule has 1 rings (SSSR count). The van der Waals surface area contributed by atoms with Gasteiger partial charge in [-0.1, -0.05) is 6.92 Å². The maximum absolute atomic E-state index is 11.3. The number of nitrogens with zero attached hydrogens (tertiary/aromatic N) is 2. The molecule has 1 atom stereocenters. The van der Waals surface area contributed by atoms with Crippen molar-refractivity contribution >= 4 is 11.6 Å². The molecular formula is C9H10ClN3O2. The number of aromatic amines is 1. The summed E-state index contributed by atoms with van der Waals surface area (Å²) in [4.78, 5) is 24.7. The first-order valence-electron chi connectivity index (χ1n) is 4.44. The number of alkyl halides is 1. The van der Waals surface area contributed by atoms with E-state index in [4.69, 9.17) is 16.9 Å². The summed E-state index contributed by atoms with van der Waals surface area (Å²) >= 11 is 5.59. The summed E-state index contributed by atoms with van der Waals surface area (Å²) in [5.74, 6) is 0. The third kappa shape index (κ3) is 2.70. The van der Waals surface area contributed by atoms with Gasteiger partial charge in [-0.2, -0.15) is 5.26 Å². The van der Waals surface area contributed by atoms with Gasteiger partial charge >= 0.3 is 5.69 Å². The molecule has 1 N–H and O–H groups in total. The van der Waals surface area contributed by atoms with Crippen molar-refractivity contribution in [3.05, 3.63) is 32.6 Å². The van der Waals surface area contributed by atoms with Gasteiger partial charge in [0.1, 0.15) is 5.38 Å². The Bertz CT molecular complexity index is 497. The van der Waals surface area contributed by atoms with Crippen LogP contribution in [-0.4, -0.2) is 14.9 Å². The fourth-order valence-corrected chi connectivity index (χ4v) is 1.30. The van der Waals surface area contributed by atoms with Gasteiger partial charge in [0, 0.05) is 11.8 Å². The maximum Gasteiger partial charge on any atom is 0.328 e. The van der Waals surface area contributed by atoms with Gasteiger partial charge in [-0.25, -0.2) is 4.79 Å². The van der Waals surface area contributed by atoms with Crippen molar-refractivity contribution in [2.24, 2.45) is 0 Å². The van der Waals surface area contributed by atoms with Crippen LogP contribution in [0.1, 0.15) is 12.5 Å². The summed E-state index contributed by atoms with van der Waals surface area (Å²) in [6.45, 7) is 1.88. The maximum atomic E-state index is 11.3. The molecule has 6 heteroatoms. The number of H-pyrrole nitrogens is 1. The van der Waals surface area contributed by atoms with Crippen molar-refractivity contribution < 1.29 is 0 Å². The lowest BCUT2D eigenvalue weighted by Crippen LogP contribution is -2.33. The fraction of sp³-hybridized carbons (Fsp3) is 0.444. The van der Waals surface area contributed by atoms with Crippen LogP contribution < -0.4 is 11.2 Å². The molecule has 0 bridgehead atoms. The lowest BCUT2D eigenvalue weighted by molar-refractivity contribution is 0.654. The summed E-state index contributed by atoms with van der Waals surface area (Å²) in [7, 11) is 0. The first kappa shape index (κ1) is 11.5. The Morgan fingerprint density at radius 1 is 1.67 bits per heavy atom. The van der Waals surface area contributed by atoms with Crippen molar-refractivity contribution in [1.82, 2.24) is 9.55 Å². The molecule has 0 aliphatic carbocycles. The Hall–Kier alpha value is -1.54. The molecule has 5 nitrogen and oxygen atoms in total. The average molecular weight is 228 g/mol. The number of halogens is 1. The summed E-state index contributed by atoms with van der Waals surface area (Å²) in [5.41, 5.74) is -0.434. The van der Waals surface area contributed by atoms with Gasteiger partial charge in [0.05, 0.1) is 12.6 Å². The minimum absolute atomic E-state index is 0.0701. The first-order valence-corrected chi connectivity index (χ1v) is 4.88. The van der Waals surface area contributed by atoms with E-state index in [2.05, 4.69) is 4.98 Å². The molecule has 0 amide bonds. The third-order valence-corrected chi connectivity index (χ3v) is 2.20. The van der Waals surface area contributed by atoms with Crippen molar-refractivity contribution in [3.63, 3.8) is 0 Å². The lowest BCUT2D eigenvalue weighted by atomic mass is 10.2. The predicted octanol–water partition coefficient (Wildman–Crippen LogP) is 0.230. The molecule has 0 aliphatic rings. The van der Waals surface area contributed by atoms with E-state index in [0.717, 1.165) is 0 Å². The van der Waals surface area contributed by atoms with Gasteiger partial charge in [0.25, 0.3) is 5.56 Å². The Labute approximate surface area is 90.9 Å². The Morgan fingerprint density at radius 2 is 2.33 bits per heavy atom. The highest BCUT2D eigenvalue weighted by Crippen LogP contribution is 1.97. The SMILES string of the molecule is CCc1cn(CC(Cl)C#N)c(=O)[nH]c1=O. The van der Waals surface area contributed by atoms with E-state index in [1.54, 1.807) is 6.07 Å². The number of rotatable bonds is 3. The van der Waals surface area contributed by atoms with Crippen LogP contribution in [0, 0.1) is 11.3 Å². The molecule has 0 aliphatic heterocycles. The van der Waals surface area contributed by atoms with Crippen LogP contribution >= 0.6 is 11.6 Å². The highest BCUT2D eigenvalue weighted by Gasteiger charge is 2.07. The molecule has 80 valence electrons. The molecule has 0 aromatic carbocycles. The zero-order valence-electron chi connectivity index (χ0n) is 8.16. The van der Waals surface area contributed by atoms with Crippen LogP contribution in [-0.2, 0) is 13.0 Å². The van der Waals surface area contributed by atoms with Crippen molar-refractivity contribution in [1.29, 1.82) is 5.26 Å². The number of hydrogen-bond acceptors (Lipinski definition) is 3. The molecule has 0 spiro atoms. The van der Waals surface area contributed by atoms with Crippen LogP contribution in [0.15, 0.2) is 15.8 Å². The van der Waals surface area contributed by atoms with E-state index < -0.39 is 11.1 Å². The van der Waals surface area contributed by atoms with Crippen LogP contribution in [0.25, 0.3) is 0 Å². The highest BCUT2D eigenvalue weighted by molar-refractivity contribution is 6.22. The van der Waals surface area contributed by atoms with Gasteiger partial charge < -0.3 is 0 Å². The number of aryl methyl sites for hydroxylation is 1. The molecule has 1 aromatic heterocycles. The highest BCUT2D eigenvalue weighted by atomic mass is 35.5. The standard InChI is InChI=1S/C9H10ClN3O2/c1-2-6-4-13(5-7(10)3-11)9(15)12-8(6)14/h4,7H,2,5H2,1H3,(H,12,14,15). The zero-order chi connectivity index (χ0) is 11.4. The Kier molecular flexibility index (Phi) is 3.69. The van der Waals surface area contributed by atoms with E-state index in [0.29, 0.717) is 12.0 Å². The summed E-state index contributed by atoms with van der Waals surface area (Å²) < 4.78 is 1.24. The average Bonchev–Trinajstić information content (AvgIpc) is 2.21. The van der Waals surface area contributed by atoms with Crippen molar-refractivity contribution in [3.8, 4) is 6.07 Å². The van der Waals surface area contributed by atoms with E-state index in [1.807, 2.05) is 6.92 Å². The van der Waals surface area contributed by atoms with Crippen molar-refractivity contribution in [2.45, 2.75) is 25.3 Å². The fourth-order valence-electron chi connectivity index (χ4n) is 1.16. The molecule has 1 aromatic rings. The smallest absolute Gasteiger partial charge is 0.298 e. The largest absolute Gasteiger partial charge is 0.328 e. The monoisotopic (exact) mass is 227 g/mol. The Morgan fingerprint density at radius 3 is 2.87 bits per heavy atom. The minimum atomic E-state index is -0.779. The third-order valence-electron chi connectivity index (χ3n) is 1.96. The number of aromatic nitrogens is 2. The summed E-state index contributed by atoms with van der Waals surface area (Å²) in [6.07, 6.45) is 1.96. The van der Waals surface area contributed by atoms with Gasteiger partial charge in [-0.3, -0.25) is 14.3 Å². The first-order chi connectivity index (χ1) is 7.08. The van der Waals surface area contributed by atoms with E-state index in [9.17, 15) is 9.59 Å². The van der Waals surface area contributed by atoms with E-state index in [1.165, 1.54) is 10.8 Å². The summed E-state index contributed by atoms with van der Waals surface area (Å²) in [6, 6.07) is 1.81. The molecule has 0 radical (unpaired) electrons. The second-order valence-electron chi connectivity index (χ2n) is 3.02. The molecule has 15 heavy (non-hydrogen) atoms. The van der Waals surface area contributed by atoms with Gasteiger partial charge in [-0.05, 0) is 6.42 Å². The zero-order valence-corrected chi connectivity index (χ0v) is 8.91. The summed E-state index contributed by atoms with van der Waals surface area (Å²) in [5, 5.41) is 7.72. The van der Waals surface area contributed by atoms with Crippen LogP contribution in [0.3, 0.4) is 0 Å². The van der Waals surface area contributed by atoms with Crippen LogP contribution in [0.2, 0.25) is 0 Å². The minimum Gasteiger partial charge on any atom is -0.298 e. The Balaban J connectivity index is 3.15. The lowest BCUT2D eigenvalue weighted by Gasteiger charge is -2.06.